The van der Waals surface area contributed by atoms with Crippen LogP contribution in [0.25, 0.3) is 10.9 Å². The zero-order valence-electron chi connectivity index (χ0n) is 10.6. The predicted molar refractivity (Wildman–Crippen MR) is 70.0 cm³/mol. The van der Waals surface area contributed by atoms with Gasteiger partial charge < -0.3 is 5.32 Å². The molecular weight excluding hydrogens is 287 g/mol. The number of halogens is 3. The Hall–Kier alpha value is -2.38. The van der Waals surface area contributed by atoms with E-state index in [2.05, 4.69) is 10.3 Å². The van der Waals surface area contributed by atoms with Gasteiger partial charge in [0.1, 0.15) is 17.4 Å². The van der Waals surface area contributed by atoms with Crippen LogP contribution in [-0.4, -0.2) is 21.6 Å². The number of hydrogen-bond acceptors (Lipinski definition) is 4. The van der Waals surface area contributed by atoms with Crippen molar-refractivity contribution in [3.05, 3.63) is 40.6 Å². The summed E-state index contributed by atoms with van der Waals surface area (Å²) in [6.45, 7) is 0. The highest BCUT2D eigenvalue weighted by Crippen LogP contribution is 2.52. The van der Waals surface area contributed by atoms with E-state index in [1.54, 1.807) is 18.2 Å². The number of aromatic nitrogens is 1. The maximum atomic E-state index is 13.1. The van der Waals surface area contributed by atoms with E-state index in [1.807, 2.05) is 0 Å². The normalized spacial score (nSPS) is 16.7. The lowest BCUT2D eigenvalue weighted by molar-refractivity contribution is -0.384. The molecule has 0 unspecified atom stereocenters. The molecule has 5 nitrogen and oxygen atoms in total. The van der Waals surface area contributed by atoms with Crippen LogP contribution in [0, 0.1) is 10.1 Å². The van der Waals surface area contributed by atoms with Gasteiger partial charge in [-0.1, -0.05) is 18.2 Å². The summed E-state index contributed by atoms with van der Waals surface area (Å²) in [7, 11) is 0. The summed E-state index contributed by atoms with van der Waals surface area (Å²) in [5, 5.41) is 13.7. The van der Waals surface area contributed by atoms with Crippen molar-refractivity contribution >= 4 is 22.3 Å². The summed E-state index contributed by atoms with van der Waals surface area (Å²) in [4.78, 5) is 14.3. The highest BCUT2D eigenvalue weighted by Gasteiger charge is 2.64. The summed E-state index contributed by atoms with van der Waals surface area (Å²) in [6.07, 6.45) is -3.66. The molecule has 0 spiro atoms. The van der Waals surface area contributed by atoms with Crippen molar-refractivity contribution in [2.45, 2.75) is 24.6 Å². The van der Waals surface area contributed by atoms with Crippen LogP contribution >= 0.6 is 0 Å². The molecule has 1 aliphatic rings. The molecule has 1 aromatic heterocycles. The van der Waals surface area contributed by atoms with Crippen LogP contribution in [0.1, 0.15) is 12.8 Å². The highest BCUT2D eigenvalue weighted by molar-refractivity contribution is 5.96. The van der Waals surface area contributed by atoms with Gasteiger partial charge in [0.05, 0.1) is 10.4 Å². The van der Waals surface area contributed by atoms with Gasteiger partial charge in [0.15, 0.2) is 0 Å². The smallest absolute Gasteiger partial charge is 0.365 e. The lowest BCUT2D eigenvalue weighted by Gasteiger charge is -2.22. The molecule has 1 N–H and O–H groups in total. The van der Waals surface area contributed by atoms with Crippen LogP contribution in [0.5, 0.6) is 0 Å². The van der Waals surface area contributed by atoms with Crippen molar-refractivity contribution < 1.29 is 18.1 Å². The molecule has 0 saturated heterocycles. The molecule has 0 aliphatic heterocycles. The number of nitrogens with zero attached hydrogens (tertiary/aromatic N) is 2. The van der Waals surface area contributed by atoms with Crippen molar-refractivity contribution in [2.75, 3.05) is 5.32 Å². The van der Waals surface area contributed by atoms with Gasteiger partial charge in [0, 0.05) is 5.39 Å². The quantitative estimate of drug-likeness (QED) is 0.693. The second-order valence-corrected chi connectivity index (χ2v) is 5.00. The fourth-order valence-corrected chi connectivity index (χ4v) is 2.24. The summed E-state index contributed by atoms with van der Waals surface area (Å²) in [5.41, 5.74) is -2.24. The van der Waals surface area contributed by atoms with E-state index >= 15 is 0 Å². The topological polar surface area (TPSA) is 68.1 Å². The number of fused-ring (bicyclic) bond motifs is 1. The molecule has 0 bridgehead atoms. The van der Waals surface area contributed by atoms with E-state index in [9.17, 15) is 23.3 Å². The molecule has 110 valence electrons. The molecule has 1 saturated carbocycles. The number of nitro groups is 1. The van der Waals surface area contributed by atoms with E-state index in [1.165, 1.54) is 6.07 Å². The van der Waals surface area contributed by atoms with E-state index in [0.29, 0.717) is 10.9 Å². The maximum Gasteiger partial charge on any atom is 0.411 e. The van der Waals surface area contributed by atoms with Gasteiger partial charge in [-0.15, -0.1) is 0 Å². The Morgan fingerprint density at radius 2 is 1.95 bits per heavy atom. The molecule has 3 rings (SSSR count). The Balaban J connectivity index is 2.16. The third-order valence-electron chi connectivity index (χ3n) is 3.61. The Labute approximate surface area is 116 Å². The number of nitrogens with one attached hydrogen (secondary N) is 1. The summed E-state index contributed by atoms with van der Waals surface area (Å²) in [6, 6.07) is 6.38. The first-order chi connectivity index (χ1) is 9.84. The molecule has 0 amide bonds. The number of rotatable bonds is 3. The molecule has 0 radical (unpaired) electrons. The summed E-state index contributed by atoms with van der Waals surface area (Å²) in [5.74, 6) is 0. The largest absolute Gasteiger partial charge is 0.411 e. The predicted octanol–water partition coefficient (Wildman–Crippen LogP) is 3.65. The lowest BCUT2D eigenvalue weighted by atomic mass is 10.1. The zero-order chi connectivity index (χ0) is 15.3. The Morgan fingerprint density at radius 1 is 1.29 bits per heavy atom. The summed E-state index contributed by atoms with van der Waals surface area (Å²) < 4.78 is 39.2. The Morgan fingerprint density at radius 3 is 2.52 bits per heavy atom. The molecule has 21 heavy (non-hydrogen) atoms. The van der Waals surface area contributed by atoms with Gasteiger partial charge >= 0.3 is 11.9 Å². The van der Waals surface area contributed by atoms with Crippen molar-refractivity contribution in [3.63, 3.8) is 0 Å². The Kier molecular flexibility index (Phi) is 2.79. The monoisotopic (exact) mass is 297 g/mol. The molecule has 2 aromatic rings. The first-order valence-corrected chi connectivity index (χ1v) is 6.21. The van der Waals surface area contributed by atoms with E-state index in [0.717, 1.165) is 6.20 Å². The first-order valence-electron chi connectivity index (χ1n) is 6.21. The molecule has 0 atom stereocenters. The van der Waals surface area contributed by atoms with Crippen molar-refractivity contribution in [1.29, 1.82) is 0 Å². The van der Waals surface area contributed by atoms with Crippen molar-refractivity contribution in [2.24, 2.45) is 0 Å². The van der Waals surface area contributed by atoms with Gasteiger partial charge in [-0.3, -0.25) is 10.1 Å². The van der Waals surface area contributed by atoms with Gasteiger partial charge in [0.25, 0.3) is 0 Å². The average Bonchev–Trinajstić information content (AvgIpc) is 3.19. The molecular formula is C13H10F3N3O2. The number of para-hydroxylation sites is 1. The van der Waals surface area contributed by atoms with E-state index in [-0.39, 0.29) is 18.5 Å². The van der Waals surface area contributed by atoms with Gasteiger partial charge in [-0.05, 0) is 18.9 Å². The van der Waals surface area contributed by atoms with Crippen molar-refractivity contribution in [1.82, 2.24) is 4.98 Å². The van der Waals surface area contributed by atoms with Crippen molar-refractivity contribution in [3.8, 4) is 0 Å². The van der Waals surface area contributed by atoms with Crippen LogP contribution < -0.4 is 5.32 Å². The number of pyridine rings is 1. The number of alkyl halides is 3. The van der Waals surface area contributed by atoms with E-state index in [4.69, 9.17) is 0 Å². The minimum atomic E-state index is -4.45. The van der Waals surface area contributed by atoms with E-state index < -0.39 is 22.3 Å². The summed E-state index contributed by atoms with van der Waals surface area (Å²) >= 11 is 0. The molecule has 1 heterocycles. The SMILES string of the molecule is O=[N+]([O-])c1cnc2ccccc2c1NC1(C(F)(F)F)CC1. The average molecular weight is 297 g/mol. The van der Waals surface area contributed by atoms with Gasteiger partial charge in [0.2, 0.25) is 0 Å². The molecule has 1 aliphatic carbocycles. The molecule has 8 heteroatoms. The van der Waals surface area contributed by atoms with Crippen LogP contribution in [0.3, 0.4) is 0 Å². The minimum Gasteiger partial charge on any atom is -0.365 e. The highest BCUT2D eigenvalue weighted by atomic mass is 19.4. The second-order valence-electron chi connectivity index (χ2n) is 5.00. The van der Waals surface area contributed by atoms with Crippen LogP contribution in [0.15, 0.2) is 30.5 Å². The van der Waals surface area contributed by atoms with Crippen LogP contribution in [0.4, 0.5) is 24.5 Å². The fourth-order valence-electron chi connectivity index (χ4n) is 2.24. The fraction of sp³-hybridized carbons (Fsp3) is 0.308. The third kappa shape index (κ3) is 2.16. The second kappa shape index (κ2) is 4.31. The third-order valence-corrected chi connectivity index (χ3v) is 3.61. The van der Waals surface area contributed by atoms with Crippen LogP contribution in [0.2, 0.25) is 0 Å². The molecule has 1 fully saturated rings. The Bertz CT molecular complexity index is 726. The van der Waals surface area contributed by atoms with Gasteiger partial charge in [-0.25, -0.2) is 4.98 Å². The van der Waals surface area contributed by atoms with Gasteiger partial charge in [-0.2, -0.15) is 13.2 Å². The number of benzene rings is 1. The standard InChI is InChI=1S/C13H10F3N3O2/c14-13(15,16)12(5-6-12)18-11-8-3-1-2-4-9(8)17-7-10(11)19(20)21/h1-4,7H,5-6H2,(H,17,18). The minimum absolute atomic E-state index is 0.0930. The molecule has 1 aromatic carbocycles. The number of anilines is 1. The maximum absolute atomic E-state index is 13.1. The van der Waals surface area contributed by atoms with Crippen LogP contribution in [-0.2, 0) is 0 Å². The number of hydrogen-bond donors (Lipinski definition) is 1. The zero-order valence-corrected chi connectivity index (χ0v) is 10.6. The first kappa shape index (κ1) is 13.6. The lowest BCUT2D eigenvalue weighted by Crippen LogP contribution is -2.38.